The van der Waals surface area contributed by atoms with E-state index >= 15 is 0 Å². The summed E-state index contributed by atoms with van der Waals surface area (Å²) in [7, 11) is 4.54. The zero-order valence-corrected chi connectivity index (χ0v) is 34.6. The van der Waals surface area contributed by atoms with Gasteiger partial charge >= 0.3 is 35.8 Å². The lowest BCUT2D eigenvalue weighted by atomic mass is 9.95. The summed E-state index contributed by atoms with van der Waals surface area (Å²) < 4.78 is 34.7. The minimum atomic E-state index is -0.495. The minimum absolute atomic E-state index is 0.0102. The first-order valence-electron chi connectivity index (χ1n) is 20.6. The molecule has 0 aromatic heterocycles. The summed E-state index contributed by atoms with van der Waals surface area (Å²) in [5.41, 5.74) is 1.94. The molecular formula is C44H58N2O12+2. The van der Waals surface area contributed by atoms with Gasteiger partial charge in [-0.3, -0.25) is 28.8 Å². The molecule has 0 N–H and O–H groups in total. The predicted octanol–water partition coefficient (Wildman–Crippen LogP) is 5.32. The number of fused-ring (bicyclic) bond motifs is 4. The Labute approximate surface area is 340 Å². The number of hydrogen-bond donors (Lipinski definition) is 0. The molecule has 0 spiro atoms. The number of esters is 6. The second-order valence-corrected chi connectivity index (χ2v) is 17.0. The molecule has 4 heterocycles. The number of hydrogen-bond acceptors (Lipinski definition) is 12. The van der Waals surface area contributed by atoms with Crippen LogP contribution in [0.4, 0.5) is 0 Å². The normalized spacial score (nSPS) is 28.2. The summed E-state index contributed by atoms with van der Waals surface area (Å²) in [5.74, 6) is -1.85. The van der Waals surface area contributed by atoms with Crippen LogP contribution in [0.3, 0.4) is 0 Å². The molecule has 4 saturated heterocycles. The molecule has 14 heteroatoms. The van der Waals surface area contributed by atoms with E-state index in [2.05, 4.69) is 14.1 Å². The number of quaternary nitrogens is 2. The summed E-state index contributed by atoms with van der Waals surface area (Å²) in [6.07, 6.45) is 8.35. The fraction of sp³-hybridized carbons (Fsp3) is 0.591. The fourth-order valence-corrected chi connectivity index (χ4v) is 10.1. The molecule has 2 aromatic carbocycles. The lowest BCUT2D eigenvalue weighted by Gasteiger charge is -2.47. The number of likely N-dealkylation sites (N-methyl/N-ethyl adjacent to an activating group) is 2. The molecule has 314 valence electrons. The van der Waals surface area contributed by atoms with Crippen LogP contribution in [0.25, 0.3) is 0 Å². The van der Waals surface area contributed by atoms with Crippen molar-refractivity contribution in [2.75, 3.05) is 27.2 Å². The summed E-state index contributed by atoms with van der Waals surface area (Å²) in [4.78, 5) is 72.4. The molecular weight excluding hydrogens is 748 g/mol. The van der Waals surface area contributed by atoms with Gasteiger partial charge < -0.3 is 37.4 Å². The molecule has 58 heavy (non-hydrogen) atoms. The second-order valence-electron chi connectivity index (χ2n) is 17.0. The summed E-state index contributed by atoms with van der Waals surface area (Å²) in [5, 5.41) is 0. The second kappa shape index (κ2) is 18.0. The molecule has 4 aliphatic heterocycles. The van der Waals surface area contributed by atoms with Gasteiger partial charge in [0.05, 0.1) is 64.2 Å². The molecule has 4 unspecified atom stereocenters. The Kier molecular flexibility index (Phi) is 13.3. The smallest absolute Gasteiger partial charge is 0.308 e. The summed E-state index contributed by atoms with van der Waals surface area (Å²) >= 11 is 0. The zero-order chi connectivity index (χ0) is 41.8. The lowest BCUT2D eigenvalue weighted by molar-refractivity contribution is -0.949. The van der Waals surface area contributed by atoms with E-state index in [0.29, 0.717) is 24.2 Å². The number of piperidine rings is 2. The minimum Gasteiger partial charge on any atom is -0.462 e. The Hall–Kier alpha value is -4.82. The van der Waals surface area contributed by atoms with Gasteiger partial charge in [0, 0.05) is 91.9 Å². The van der Waals surface area contributed by atoms with Crippen molar-refractivity contribution >= 4 is 35.8 Å². The maximum Gasteiger partial charge on any atom is 0.308 e. The molecule has 0 aliphatic carbocycles. The van der Waals surface area contributed by atoms with Crippen molar-refractivity contribution in [3.63, 3.8) is 0 Å². The quantitative estimate of drug-likeness (QED) is 0.130. The SMILES string of the molecule is CC(=O)Oc1ccc(CC[N+]2(C)C3CCC2CC(OC(=O)CCC(=O)OC2CC4CCC(C2)[N+]4(C)CCc2ccc(OC(C)=O)c(OC(C)=O)c2)C3)cc1OC(C)=O. The van der Waals surface area contributed by atoms with Crippen LogP contribution in [-0.2, 0) is 51.1 Å². The van der Waals surface area contributed by atoms with Gasteiger partial charge in [-0.15, -0.1) is 0 Å². The Morgan fingerprint density at radius 3 is 1.12 bits per heavy atom. The lowest BCUT2D eigenvalue weighted by Crippen LogP contribution is -2.59. The van der Waals surface area contributed by atoms with E-state index in [1.807, 2.05) is 12.1 Å². The van der Waals surface area contributed by atoms with Crippen LogP contribution < -0.4 is 18.9 Å². The largest absolute Gasteiger partial charge is 0.462 e. The highest BCUT2D eigenvalue weighted by Gasteiger charge is 2.53. The van der Waals surface area contributed by atoms with Crippen molar-refractivity contribution in [1.82, 2.24) is 0 Å². The molecule has 6 rings (SSSR count). The molecule has 0 saturated carbocycles. The highest BCUT2D eigenvalue weighted by molar-refractivity contribution is 5.78. The molecule has 4 aliphatic rings. The van der Waals surface area contributed by atoms with Crippen molar-refractivity contribution in [3.05, 3.63) is 47.5 Å². The Bertz CT molecular complexity index is 1750. The van der Waals surface area contributed by atoms with Crippen LogP contribution >= 0.6 is 0 Å². The molecule has 0 radical (unpaired) electrons. The number of carbonyl (C=O) groups is 6. The highest BCUT2D eigenvalue weighted by atomic mass is 16.6. The Morgan fingerprint density at radius 2 is 0.810 bits per heavy atom. The van der Waals surface area contributed by atoms with Crippen LogP contribution in [0, 0.1) is 0 Å². The Morgan fingerprint density at radius 1 is 0.500 bits per heavy atom. The third kappa shape index (κ3) is 10.2. The van der Waals surface area contributed by atoms with Crippen molar-refractivity contribution in [3.8, 4) is 23.0 Å². The van der Waals surface area contributed by atoms with E-state index in [1.54, 1.807) is 24.3 Å². The van der Waals surface area contributed by atoms with Crippen LogP contribution in [0.1, 0.15) is 103 Å². The number of rotatable bonds is 15. The van der Waals surface area contributed by atoms with Gasteiger partial charge in [-0.25, -0.2) is 0 Å². The van der Waals surface area contributed by atoms with Gasteiger partial charge in [0.25, 0.3) is 0 Å². The van der Waals surface area contributed by atoms with Crippen LogP contribution in [0.2, 0.25) is 0 Å². The van der Waals surface area contributed by atoms with Crippen molar-refractivity contribution in [2.24, 2.45) is 0 Å². The topological polar surface area (TPSA) is 158 Å². The number of nitrogens with zero attached hydrogens (tertiary/aromatic N) is 2. The number of benzene rings is 2. The van der Waals surface area contributed by atoms with Gasteiger partial charge in [-0.05, 0) is 35.4 Å². The van der Waals surface area contributed by atoms with Gasteiger partial charge in [-0.1, -0.05) is 12.1 Å². The van der Waals surface area contributed by atoms with Gasteiger partial charge in [0.15, 0.2) is 23.0 Å². The average molecular weight is 807 g/mol. The van der Waals surface area contributed by atoms with Gasteiger partial charge in [0.2, 0.25) is 0 Å². The fourth-order valence-electron chi connectivity index (χ4n) is 10.1. The predicted molar refractivity (Wildman–Crippen MR) is 209 cm³/mol. The van der Waals surface area contributed by atoms with Gasteiger partial charge in [-0.2, -0.15) is 0 Å². The van der Waals surface area contributed by atoms with Crippen LogP contribution in [0.15, 0.2) is 36.4 Å². The van der Waals surface area contributed by atoms with Crippen LogP contribution in [0.5, 0.6) is 23.0 Å². The molecule has 14 nitrogen and oxygen atoms in total. The average Bonchev–Trinajstić information content (AvgIpc) is 3.37. The van der Waals surface area contributed by atoms with Crippen LogP contribution in [-0.4, -0.2) is 108 Å². The number of carbonyl (C=O) groups excluding carboxylic acids is 6. The maximum absolute atomic E-state index is 13.0. The standard InChI is InChI=1S/C44H58N2O12/c1-27(47)53-39-13-7-31(21-41(39)55-29(3)49)17-19-45(5)33-9-10-34(45)24-37(23-33)57-43(51)15-16-44(52)58-38-25-35-11-12-36(26-38)46(35,6)20-18-32-8-14-40(54-28(2)48)42(22-32)56-30(4)50/h7-8,13-14,21-22,33-38H,9-12,15-20,23-26H2,1-6H3/q+2. The number of ether oxygens (including phenoxy) is 6. The van der Waals surface area contributed by atoms with Gasteiger partial charge in [0.1, 0.15) is 12.2 Å². The Balaban J connectivity index is 0.937. The highest BCUT2D eigenvalue weighted by Crippen LogP contribution is 2.44. The molecule has 4 atom stereocenters. The summed E-state index contributed by atoms with van der Waals surface area (Å²) in [6, 6.07) is 12.0. The zero-order valence-electron chi connectivity index (χ0n) is 34.6. The summed E-state index contributed by atoms with van der Waals surface area (Å²) in [6.45, 7) is 6.93. The monoisotopic (exact) mass is 806 g/mol. The molecule has 4 bridgehead atoms. The van der Waals surface area contributed by atoms with E-state index < -0.39 is 23.9 Å². The van der Waals surface area contributed by atoms with E-state index in [4.69, 9.17) is 28.4 Å². The van der Waals surface area contributed by atoms with E-state index in [1.165, 1.54) is 27.7 Å². The van der Waals surface area contributed by atoms with E-state index in [-0.39, 0.29) is 60.0 Å². The maximum atomic E-state index is 13.0. The first-order chi connectivity index (χ1) is 27.5. The third-order valence-electron chi connectivity index (χ3n) is 13.1. The molecule has 4 fully saturated rings. The molecule has 2 aromatic rings. The van der Waals surface area contributed by atoms with Crippen molar-refractivity contribution in [2.45, 2.75) is 141 Å². The molecule has 0 amide bonds. The van der Waals surface area contributed by atoms with E-state index in [0.717, 1.165) is 97.4 Å². The first kappa shape index (κ1) is 42.8. The third-order valence-corrected chi connectivity index (χ3v) is 13.1. The first-order valence-corrected chi connectivity index (χ1v) is 20.6. The van der Waals surface area contributed by atoms with E-state index in [9.17, 15) is 28.8 Å². The van der Waals surface area contributed by atoms with Crippen molar-refractivity contribution in [1.29, 1.82) is 0 Å². The van der Waals surface area contributed by atoms with Crippen molar-refractivity contribution < 1.29 is 66.2 Å².